The van der Waals surface area contributed by atoms with Crippen LogP contribution in [0.2, 0.25) is 0 Å². The molecule has 0 bridgehead atoms. The Bertz CT molecular complexity index is 684. The summed E-state index contributed by atoms with van der Waals surface area (Å²) >= 11 is 3.17. The molecule has 3 rings (SSSR count). The third-order valence-electron chi connectivity index (χ3n) is 2.56. The highest BCUT2D eigenvalue weighted by molar-refractivity contribution is 9.10. The van der Waals surface area contributed by atoms with Gasteiger partial charge in [0.25, 0.3) is 5.91 Å². The standard InChI is InChI=1S/C12H8BrN3O3/c1-6-4-10-15-12(17)8(11(14)16(10)19-6)5-7-2-3-9(13)18-7/h2-5,14H,1H3/b8-5+,14-11?. The van der Waals surface area contributed by atoms with Crippen LogP contribution in [-0.4, -0.2) is 22.6 Å². The fourth-order valence-electron chi connectivity index (χ4n) is 1.75. The largest absolute Gasteiger partial charge is 0.450 e. The molecule has 3 heterocycles. The van der Waals surface area contributed by atoms with Gasteiger partial charge in [-0.15, -0.1) is 5.06 Å². The molecule has 1 amide bonds. The summed E-state index contributed by atoms with van der Waals surface area (Å²) in [6.45, 7) is 1.73. The third kappa shape index (κ3) is 2.01. The molecule has 1 aromatic rings. The Morgan fingerprint density at radius 3 is 2.95 bits per heavy atom. The smallest absolute Gasteiger partial charge is 0.283 e. The molecule has 0 unspecified atom stereocenters. The Morgan fingerprint density at radius 2 is 2.26 bits per heavy atom. The lowest BCUT2D eigenvalue weighted by Crippen LogP contribution is -2.38. The molecule has 0 radical (unpaired) electrons. The number of furan rings is 1. The summed E-state index contributed by atoms with van der Waals surface area (Å²) in [5.74, 6) is 0.819. The van der Waals surface area contributed by atoms with E-state index in [0.717, 1.165) is 0 Å². The number of nitrogens with one attached hydrogen (secondary N) is 1. The number of hydrogen-bond acceptors (Lipinski definition) is 4. The van der Waals surface area contributed by atoms with Crippen molar-refractivity contribution in [1.82, 2.24) is 5.06 Å². The van der Waals surface area contributed by atoms with E-state index in [2.05, 4.69) is 20.9 Å². The molecule has 0 atom stereocenters. The number of allylic oxidation sites excluding steroid dienone is 1. The number of amides is 1. The van der Waals surface area contributed by atoms with Gasteiger partial charge in [0.05, 0.1) is 5.57 Å². The molecule has 6 nitrogen and oxygen atoms in total. The minimum Gasteiger partial charge on any atom is -0.450 e. The second kappa shape index (κ2) is 4.20. The fraction of sp³-hybridized carbons (Fsp3) is 0.0833. The lowest BCUT2D eigenvalue weighted by atomic mass is 10.1. The Morgan fingerprint density at radius 1 is 1.47 bits per heavy atom. The van der Waals surface area contributed by atoms with Gasteiger partial charge in [0.15, 0.2) is 16.3 Å². The lowest BCUT2D eigenvalue weighted by Gasteiger charge is -2.22. The number of amidine groups is 2. The summed E-state index contributed by atoms with van der Waals surface area (Å²) in [7, 11) is 0. The molecular weight excluding hydrogens is 314 g/mol. The third-order valence-corrected chi connectivity index (χ3v) is 2.99. The van der Waals surface area contributed by atoms with Crippen molar-refractivity contribution in [2.45, 2.75) is 6.92 Å². The minimum absolute atomic E-state index is 0.0596. The average Bonchev–Trinajstić information content (AvgIpc) is 2.90. The number of nitrogens with zero attached hydrogens (tertiary/aromatic N) is 2. The van der Waals surface area contributed by atoms with Gasteiger partial charge in [-0.2, -0.15) is 4.99 Å². The van der Waals surface area contributed by atoms with E-state index < -0.39 is 5.91 Å². The zero-order chi connectivity index (χ0) is 13.6. The van der Waals surface area contributed by atoms with Gasteiger partial charge in [0.2, 0.25) is 0 Å². The van der Waals surface area contributed by atoms with Crippen molar-refractivity contribution >= 4 is 39.6 Å². The first kappa shape index (κ1) is 11.9. The quantitative estimate of drug-likeness (QED) is 0.806. The van der Waals surface area contributed by atoms with Crippen molar-refractivity contribution in [2.75, 3.05) is 0 Å². The van der Waals surface area contributed by atoms with Gasteiger partial charge in [-0.25, -0.2) is 0 Å². The van der Waals surface area contributed by atoms with Gasteiger partial charge in [-0.3, -0.25) is 10.2 Å². The zero-order valence-corrected chi connectivity index (χ0v) is 11.4. The van der Waals surface area contributed by atoms with Crippen molar-refractivity contribution in [3.63, 3.8) is 0 Å². The predicted octanol–water partition coefficient (Wildman–Crippen LogP) is 2.49. The summed E-state index contributed by atoms with van der Waals surface area (Å²) < 4.78 is 5.84. The van der Waals surface area contributed by atoms with Crippen LogP contribution in [0, 0.1) is 5.41 Å². The molecule has 0 saturated heterocycles. The van der Waals surface area contributed by atoms with Gasteiger partial charge in [0.1, 0.15) is 11.5 Å². The first-order chi connectivity index (χ1) is 9.04. The molecule has 2 aliphatic rings. The van der Waals surface area contributed by atoms with Gasteiger partial charge >= 0.3 is 0 Å². The Hall–Kier alpha value is -2.15. The number of aliphatic imine (C=N–C) groups is 1. The topological polar surface area (TPSA) is 78.9 Å². The second-order valence-corrected chi connectivity index (χ2v) is 4.75. The summed E-state index contributed by atoms with van der Waals surface area (Å²) in [5.41, 5.74) is 0.119. The normalized spacial score (nSPS) is 20.3. The summed E-state index contributed by atoms with van der Waals surface area (Å²) in [5, 5.41) is 9.20. The predicted molar refractivity (Wildman–Crippen MR) is 71.2 cm³/mol. The Labute approximate surface area is 116 Å². The number of carbonyl (C=O) groups is 1. The first-order valence-electron chi connectivity index (χ1n) is 5.40. The van der Waals surface area contributed by atoms with E-state index in [1.807, 2.05) is 0 Å². The molecule has 0 saturated carbocycles. The number of hydroxylamine groups is 2. The van der Waals surface area contributed by atoms with Crippen molar-refractivity contribution in [2.24, 2.45) is 4.99 Å². The summed E-state index contributed by atoms with van der Waals surface area (Å²) in [6.07, 6.45) is 3.07. The SMILES string of the molecule is CC1=CC2=NC(=O)/C(=C/c3ccc(Br)o3)C(=N)N2O1. The van der Waals surface area contributed by atoms with Crippen molar-refractivity contribution in [3.05, 3.63) is 40.0 Å². The Kier molecular flexibility index (Phi) is 2.63. The van der Waals surface area contributed by atoms with Crippen LogP contribution in [0.15, 0.2) is 43.6 Å². The number of rotatable bonds is 1. The highest BCUT2D eigenvalue weighted by Crippen LogP contribution is 2.24. The van der Waals surface area contributed by atoms with Crippen LogP contribution in [-0.2, 0) is 9.63 Å². The van der Waals surface area contributed by atoms with Gasteiger partial charge < -0.3 is 9.25 Å². The summed E-state index contributed by atoms with van der Waals surface area (Å²) in [6, 6.07) is 3.39. The van der Waals surface area contributed by atoms with Crippen LogP contribution in [0.25, 0.3) is 6.08 Å². The van der Waals surface area contributed by atoms with Crippen molar-refractivity contribution in [1.29, 1.82) is 5.41 Å². The van der Waals surface area contributed by atoms with E-state index in [9.17, 15) is 4.79 Å². The Balaban J connectivity index is 2.00. The molecule has 7 heteroatoms. The molecule has 1 N–H and O–H groups in total. The van der Waals surface area contributed by atoms with Crippen LogP contribution in [0.4, 0.5) is 0 Å². The van der Waals surface area contributed by atoms with Crippen molar-refractivity contribution in [3.8, 4) is 0 Å². The highest BCUT2D eigenvalue weighted by Gasteiger charge is 2.34. The molecule has 96 valence electrons. The monoisotopic (exact) mass is 321 g/mol. The van der Waals surface area contributed by atoms with Gasteiger partial charge in [-0.05, 0) is 41.1 Å². The average molecular weight is 322 g/mol. The first-order valence-corrected chi connectivity index (χ1v) is 6.19. The molecule has 0 aliphatic carbocycles. The molecule has 19 heavy (non-hydrogen) atoms. The van der Waals surface area contributed by atoms with Crippen LogP contribution >= 0.6 is 15.9 Å². The van der Waals surface area contributed by atoms with Gasteiger partial charge in [-0.1, -0.05) is 0 Å². The van der Waals surface area contributed by atoms with Gasteiger partial charge in [0, 0.05) is 6.08 Å². The minimum atomic E-state index is -0.488. The molecule has 2 aliphatic heterocycles. The maximum Gasteiger partial charge on any atom is 0.283 e. The van der Waals surface area contributed by atoms with Crippen molar-refractivity contribution < 1.29 is 14.0 Å². The highest BCUT2D eigenvalue weighted by atomic mass is 79.9. The number of halogens is 1. The molecular formula is C12H8BrN3O3. The van der Waals surface area contributed by atoms with Crippen LogP contribution in [0.1, 0.15) is 12.7 Å². The van der Waals surface area contributed by atoms with Crippen LogP contribution < -0.4 is 0 Å². The summed E-state index contributed by atoms with van der Waals surface area (Å²) in [4.78, 5) is 21.1. The molecule has 0 fully saturated rings. The van der Waals surface area contributed by atoms with E-state index >= 15 is 0 Å². The second-order valence-electron chi connectivity index (χ2n) is 3.96. The molecule has 0 spiro atoms. The van der Waals surface area contributed by atoms with Crippen LogP contribution in [0.3, 0.4) is 0 Å². The lowest BCUT2D eigenvalue weighted by molar-refractivity contribution is -0.114. The molecule has 1 aromatic heterocycles. The van der Waals surface area contributed by atoms with E-state index in [1.54, 1.807) is 25.1 Å². The fourth-order valence-corrected chi connectivity index (χ4v) is 2.07. The molecule has 0 aromatic carbocycles. The number of hydrogen-bond donors (Lipinski definition) is 1. The maximum atomic E-state index is 11.9. The number of carbonyl (C=O) groups excluding carboxylic acids is 1. The van der Waals surface area contributed by atoms with Crippen LogP contribution in [0.5, 0.6) is 0 Å². The number of fused-ring (bicyclic) bond motifs is 1. The van der Waals surface area contributed by atoms with E-state index in [-0.39, 0.29) is 11.4 Å². The van der Waals surface area contributed by atoms with E-state index in [4.69, 9.17) is 14.7 Å². The van der Waals surface area contributed by atoms with E-state index in [0.29, 0.717) is 22.0 Å². The van der Waals surface area contributed by atoms with E-state index in [1.165, 1.54) is 11.1 Å². The maximum absolute atomic E-state index is 11.9. The zero-order valence-electron chi connectivity index (χ0n) is 9.81.